The Bertz CT molecular complexity index is 1090. The first-order valence-corrected chi connectivity index (χ1v) is 12.3. The molecule has 0 radical (unpaired) electrons. The zero-order valence-electron chi connectivity index (χ0n) is 15.2. The summed E-state index contributed by atoms with van der Waals surface area (Å²) in [4.78, 5) is 22.3. The zero-order valence-corrected chi connectivity index (χ0v) is 19.2. The first-order chi connectivity index (χ1) is 14.2. The summed E-state index contributed by atoms with van der Waals surface area (Å²) < 4.78 is 1.92. The van der Waals surface area contributed by atoms with Gasteiger partial charge in [0, 0.05) is 32.9 Å². The number of nitrogens with one attached hydrogen (secondary N) is 1. The van der Waals surface area contributed by atoms with Gasteiger partial charge in [0.15, 0.2) is 9.47 Å². The molecule has 0 unspecified atom stereocenters. The number of thioether (sulfide) groups is 1. The quantitative estimate of drug-likeness (QED) is 0.299. The highest BCUT2D eigenvalue weighted by molar-refractivity contribution is 9.10. The summed E-state index contributed by atoms with van der Waals surface area (Å²) in [6, 6.07) is 18.3. The van der Waals surface area contributed by atoms with Crippen molar-refractivity contribution in [2.75, 3.05) is 11.1 Å². The van der Waals surface area contributed by atoms with Crippen molar-refractivity contribution in [1.29, 1.82) is 0 Å². The van der Waals surface area contributed by atoms with Gasteiger partial charge in [-0.2, -0.15) is 0 Å². The third kappa shape index (κ3) is 5.76. The number of nitrogens with zero attached hydrogens (tertiary/aromatic N) is 2. The summed E-state index contributed by atoms with van der Waals surface area (Å²) in [6.45, 7) is 0. The molecule has 0 aliphatic rings. The number of carbonyl (C=O) groups excluding carboxylic acids is 1. The Hall–Kier alpha value is -2.00. The molecule has 4 nitrogen and oxygen atoms in total. The number of amides is 1. The van der Waals surface area contributed by atoms with Crippen LogP contribution in [-0.4, -0.2) is 21.6 Å². The minimum atomic E-state index is -0.0731. The van der Waals surface area contributed by atoms with Gasteiger partial charge in [-0.25, -0.2) is 9.97 Å². The molecule has 2 aromatic heterocycles. The molecule has 4 aromatic rings. The van der Waals surface area contributed by atoms with E-state index in [9.17, 15) is 4.79 Å². The average molecular weight is 502 g/mol. The number of thiazole rings is 2. The van der Waals surface area contributed by atoms with E-state index in [1.165, 1.54) is 28.7 Å². The van der Waals surface area contributed by atoms with Crippen molar-refractivity contribution < 1.29 is 4.79 Å². The molecule has 8 heteroatoms. The Balaban J connectivity index is 1.29. The van der Waals surface area contributed by atoms with E-state index in [0.717, 1.165) is 31.4 Å². The van der Waals surface area contributed by atoms with Crippen molar-refractivity contribution in [2.24, 2.45) is 0 Å². The predicted molar refractivity (Wildman–Crippen MR) is 126 cm³/mol. The summed E-state index contributed by atoms with van der Waals surface area (Å²) in [6.07, 6.45) is 2.65. The van der Waals surface area contributed by atoms with E-state index in [-0.39, 0.29) is 5.91 Å². The Kier molecular flexibility index (Phi) is 6.76. The van der Waals surface area contributed by atoms with Gasteiger partial charge in [0.2, 0.25) is 5.91 Å². The van der Waals surface area contributed by atoms with Gasteiger partial charge in [0.1, 0.15) is 0 Å². The monoisotopic (exact) mass is 501 g/mol. The number of hydrogen-bond acceptors (Lipinski definition) is 6. The summed E-state index contributed by atoms with van der Waals surface area (Å²) in [5.74, 6) is 0.233. The minimum absolute atomic E-state index is 0.0731. The fourth-order valence-electron chi connectivity index (χ4n) is 2.60. The first-order valence-electron chi connectivity index (χ1n) is 8.78. The number of hydrogen-bond donors (Lipinski definition) is 1. The molecule has 29 heavy (non-hydrogen) atoms. The second-order valence-corrected chi connectivity index (χ2v) is 10.2. The lowest BCUT2D eigenvalue weighted by molar-refractivity contribution is -0.113. The van der Waals surface area contributed by atoms with E-state index >= 15 is 0 Å². The number of anilines is 1. The summed E-state index contributed by atoms with van der Waals surface area (Å²) in [7, 11) is 0. The molecular weight excluding hydrogens is 486 g/mol. The van der Waals surface area contributed by atoms with Crippen LogP contribution in [0.3, 0.4) is 0 Å². The molecule has 2 aromatic carbocycles. The molecule has 1 amide bonds. The molecule has 0 atom stereocenters. The van der Waals surface area contributed by atoms with Crippen LogP contribution in [0.2, 0.25) is 0 Å². The molecule has 146 valence electrons. The fraction of sp³-hybridized carbons (Fsp3) is 0.0952. The zero-order chi connectivity index (χ0) is 20.1. The molecule has 0 saturated heterocycles. The van der Waals surface area contributed by atoms with E-state index in [0.29, 0.717) is 10.9 Å². The van der Waals surface area contributed by atoms with Crippen LogP contribution in [0.15, 0.2) is 75.0 Å². The standard InChI is InChI=1S/C21H16BrN3OS3/c22-16-8-6-15(7-9-16)18-12-27-21(24-18)28-13-19(26)25-20-23-11-17(29-20)10-14-4-2-1-3-5-14/h1-9,11-12H,10,13H2,(H,23,25,26). The van der Waals surface area contributed by atoms with Crippen molar-refractivity contribution in [3.8, 4) is 11.3 Å². The van der Waals surface area contributed by atoms with Crippen molar-refractivity contribution in [1.82, 2.24) is 9.97 Å². The molecule has 2 heterocycles. The highest BCUT2D eigenvalue weighted by Crippen LogP contribution is 2.29. The average Bonchev–Trinajstić information content (AvgIpc) is 3.37. The van der Waals surface area contributed by atoms with Crippen LogP contribution in [-0.2, 0) is 11.2 Å². The largest absolute Gasteiger partial charge is 0.301 e. The number of benzene rings is 2. The fourth-order valence-corrected chi connectivity index (χ4v) is 5.37. The topological polar surface area (TPSA) is 54.9 Å². The van der Waals surface area contributed by atoms with Crippen LogP contribution in [0.1, 0.15) is 10.4 Å². The van der Waals surface area contributed by atoms with E-state index in [2.05, 4.69) is 43.3 Å². The Labute approximate surface area is 189 Å². The lowest BCUT2D eigenvalue weighted by Gasteiger charge is -2.00. The summed E-state index contributed by atoms with van der Waals surface area (Å²) >= 11 is 7.94. The van der Waals surface area contributed by atoms with Gasteiger partial charge in [-0.15, -0.1) is 22.7 Å². The second-order valence-electron chi connectivity index (χ2n) is 6.14. The van der Waals surface area contributed by atoms with Gasteiger partial charge in [-0.05, 0) is 17.7 Å². The molecule has 0 spiro atoms. The smallest absolute Gasteiger partial charge is 0.236 e. The van der Waals surface area contributed by atoms with Gasteiger partial charge in [-0.1, -0.05) is 70.2 Å². The SMILES string of the molecule is O=C(CSc1nc(-c2ccc(Br)cc2)cs1)Nc1ncc(Cc2ccccc2)s1. The number of halogens is 1. The maximum atomic E-state index is 12.3. The maximum absolute atomic E-state index is 12.3. The number of rotatable bonds is 7. The maximum Gasteiger partial charge on any atom is 0.236 e. The van der Waals surface area contributed by atoms with Crippen LogP contribution in [0.4, 0.5) is 5.13 Å². The minimum Gasteiger partial charge on any atom is -0.301 e. The molecular formula is C21H16BrN3OS3. The summed E-state index contributed by atoms with van der Waals surface area (Å²) in [5.41, 5.74) is 3.22. The Morgan fingerprint density at radius 1 is 1.10 bits per heavy atom. The highest BCUT2D eigenvalue weighted by atomic mass is 79.9. The van der Waals surface area contributed by atoms with Crippen LogP contribution >= 0.6 is 50.4 Å². The van der Waals surface area contributed by atoms with Crippen molar-refractivity contribution in [3.05, 3.63) is 81.1 Å². The van der Waals surface area contributed by atoms with Gasteiger partial charge in [0.05, 0.1) is 11.4 Å². The number of aromatic nitrogens is 2. The molecule has 0 fully saturated rings. The summed E-state index contributed by atoms with van der Waals surface area (Å²) in [5, 5.41) is 5.53. The lowest BCUT2D eigenvalue weighted by atomic mass is 10.1. The molecule has 4 rings (SSSR count). The van der Waals surface area contributed by atoms with Crippen molar-refractivity contribution in [3.63, 3.8) is 0 Å². The normalized spacial score (nSPS) is 10.8. The van der Waals surface area contributed by atoms with E-state index in [1.54, 1.807) is 11.3 Å². The second kappa shape index (κ2) is 9.67. The third-order valence-electron chi connectivity index (χ3n) is 3.97. The van der Waals surface area contributed by atoms with Crippen LogP contribution in [0.25, 0.3) is 11.3 Å². The highest BCUT2D eigenvalue weighted by Gasteiger charge is 2.10. The van der Waals surface area contributed by atoms with Crippen LogP contribution in [0.5, 0.6) is 0 Å². The molecule has 0 saturated carbocycles. The van der Waals surface area contributed by atoms with Crippen LogP contribution in [0, 0.1) is 0 Å². The first kappa shape index (κ1) is 20.3. The molecule has 0 bridgehead atoms. The third-order valence-corrected chi connectivity index (χ3v) is 7.43. The molecule has 1 N–H and O–H groups in total. The van der Waals surface area contributed by atoms with Gasteiger partial charge in [0.25, 0.3) is 0 Å². The van der Waals surface area contributed by atoms with E-state index in [4.69, 9.17) is 0 Å². The van der Waals surface area contributed by atoms with Crippen LogP contribution < -0.4 is 5.32 Å². The van der Waals surface area contributed by atoms with Gasteiger partial charge < -0.3 is 5.32 Å². The van der Waals surface area contributed by atoms with Gasteiger partial charge >= 0.3 is 0 Å². The van der Waals surface area contributed by atoms with Crippen molar-refractivity contribution >= 4 is 61.4 Å². The van der Waals surface area contributed by atoms with E-state index in [1.807, 2.05) is 54.0 Å². The Morgan fingerprint density at radius 2 is 1.90 bits per heavy atom. The lowest BCUT2D eigenvalue weighted by Crippen LogP contribution is -2.13. The van der Waals surface area contributed by atoms with Crippen molar-refractivity contribution in [2.45, 2.75) is 10.8 Å². The Morgan fingerprint density at radius 3 is 2.69 bits per heavy atom. The molecule has 0 aliphatic heterocycles. The molecule has 0 aliphatic carbocycles. The van der Waals surface area contributed by atoms with Gasteiger partial charge in [-0.3, -0.25) is 4.79 Å². The van der Waals surface area contributed by atoms with E-state index < -0.39 is 0 Å². The number of carbonyl (C=O) groups is 1. The predicted octanol–water partition coefficient (Wildman–Crippen LogP) is 6.35.